The number of aliphatic imine (C=N–C) groups is 1. The van der Waals surface area contributed by atoms with Crippen molar-refractivity contribution in [2.75, 3.05) is 6.61 Å². The zero-order chi connectivity index (χ0) is 18.4. The van der Waals surface area contributed by atoms with Crippen molar-refractivity contribution in [1.82, 2.24) is 9.97 Å². The molecule has 0 aliphatic carbocycles. The van der Waals surface area contributed by atoms with Gasteiger partial charge in [0.2, 0.25) is 0 Å². The molecule has 1 heterocycles. The Morgan fingerprint density at radius 2 is 2.20 bits per heavy atom. The van der Waals surface area contributed by atoms with Gasteiger partial charge >= 0.3 is 6.01 Å². The van der Waals surface area contributed by atoms with Crippen molar-refractivity contribution in [2.24, 2.45) is 15.9 Å². The Labute approximate surface area is 148 Å². The van der Waals surface area contributed by atoms with Gasteiger partial charge in [0.15, 0.2) is 0 Å². The summed E-state index contributed by atoms with van der Waals surface area (Å²) >= 11 is 5.83. The predicted octanol–water partition coefficient (Wildman–Crippen LogP) is 3.65. The Balaban J connectivity index is 2.04. The highest BCUT2D eigenvalue weighted by Gasteiger charge is 2.24. The predicted molar refractivity (Wildman–Crippen MR) is 93.1 cm³/mol. The Morgan fingerprint density at radius 1 is 1.44 bits per heavy atom. The number of benzene rings is 1. The molecule has 2 rings (SSSR count). The molecule has 2 N–H and O–H groups in total. The molecule has 132 valence electrons. The lowest BCUT2D eigenvalue weighted by Gasteiger charge is -2.10. The highest BCUT2D eigenvalue weighted by Crippen LogP contribution is 2.29. The maximum atomic E-state index is 13.3. The maximum absolute atomic E-state index is 13.3. The molecule has 0 amide bonds. The number of halogens is 3. The van der Waals surface area contributed by atoms with Crippen molar-refractivity contribution >= 4 is 29.2 Å². The standard InChI is InChI=1S/C16H16ClF2N5O/c1-10-14(17)8-22-15(23-10)25-9-13(24-20)7-21-12-5-3-4-11(6-12)16(2,18)19/h3-8H,9,20H2,1-2H3. The number of rotatable bonds is 6. The summed E-state index contributed by atoms with van der Waals surface area (Å²) in [5.74, 6) is 2.35. The molecule has 2 aromatic rings. The minimum atomic E-state index is -2.94. The molecule has 0 radical (unpaired) electrons. The lowest BCUT2D eigenvalue weighted by Crippen LogP contribution is -2.16. The Hall–Kier alpha value is -2.61. The number of nitrogens with two attached hydrogens (primary N) is 1. The van der Waals surface area contributed by atoms with Gasteiger partial charge in [-0.3, -0.25) is 4.99 Å². The van der Waals surface area contributed by atoms with E-state index < -0.39 is 5.92 Å². The third kappa shape index (κ3) is 5.46. The molecule has 0 aliphatic heterocycles. The minimum Gasteiger partial charge on any atom is -0.457 e. The molecule has 0 saturated heterocycles. The van der Waals surface area contributed by atoms with Crippen LogP contribution in [0.15, 0.2) is 40.6 Å². The van der Waals surface area contributed by atoms with E-state index >= 15 is 0 Å². The van der Waals surface area contributed by atoms with E-state index in [1.165, 1.54) is 30.6 Å². The normalized spacial score (nSPS) is 12.6. The van der Waals surface area contributed by atoms with E-state index in [1.54, 1.807) is 13.0 Å². The first-order chi connectivity index (χ1) is 11.8. The second-order valence-electron chi connectivity index (χ2n) is 5.19. The molecule has 0 atom stereocenters. The van der Waals surface area contributed by atoms with Gasteiger partial charge in [-0.15, -0.1) is 0 Å². The molecule has 0 unspecified atom stereocenters. The molecule has 0 saturated carbocycles. The fraction of sp³-hybridized carbons (Fsp3) is 0.250. The average molecular weight is 368 g/mol. The smallest absolute Gasteiger partial charge is 0.317 e. The molecule has 0 spiro atoms. The SMILES string of the molecule is Cc1nc(OCC(C=Nc2cccc(C(C)(F)F)c2)=NN)ncc1Cl. The molecular formula is C16H16ClF2N5O. The number of aromatic nitrogens is 2. The maximum Gasteiger partial charge on any atom is 0.317 e. The van der Waals surface area contributed by atoms with Crippen LogP contribution in [-0.4, -0.2) is 28.5 Å². The Bertz CT molecular complexity index is 805. The fourth-order valence-electron chi connectivity index (χ4n) is 1.76. The van der Waals surface area contributed by atoms with Crippen LogP contribution in [0.4, 0.5) is 14.5 Å². The molecular weight excluding hydrogens is 352 g/mol. The number of aryl methyl sites for hydroxylation is 1. The Kier molecular flexibility index (Phi) is 5.97. The van der Waals surface area contributed by atoms with Crippen molar-refractivity contribution in [3.05, 3.63) is 46.7 Å². The molecule has 1 aromatic heterocycles. The van der Waals surface area contributed by atoms with Crippen LogP contribution in [0.3, 0.4) is 0 Å². The van der Waals surface area contributed by atoms with Gasteiger partial charge in [-0.05, 0) is 19.1 Å². The van der Waals surface area contributed by atoms with E-state index in [4.69, 9.17) is 22.2 Å². The van der Waals surface area contributed by atoms with Crippen LogP contribution in [0.5, 0.6) is 6.01 Å². The van der Waals surface area contributed by atoms with Gasteiger partial charge in [-0.2, -0.15) is 10.1 Å². The molecule has 6 nitrogen and oxygen atoms in total. The van der Waals surface area contributed by atoms with E-state index in [-0.39, 0.29) is 23.9 Å². The van der Waals surface area contributed by atoms with Crippen LogP contribution in [0.25, 0.3) is 0 Å². The van der Waals surface area contributed by atoms with Gasteiger partial charge in [0.05, 0.1) is 28.8 Å². The first-order valence-corrected chi connectivity index (χ1v) is 7.58. The van der Waals surface area contributed by atoms with E-state index in [1.807, 2.05) is 0 Å². The summed E-state index contributed by atoms with van der Waals surface area (Å²) in [4.78, 5) is 12.0. The summed E-state index contributed by atoms with van der Waals surface area (Å²) in [5, 5.41) is 3.97. The van der Waals surface area contributed by atoms with Crippen LogP contribution in [-0.2, 0) is 5.92 Å². The number of ether oxygens (including phenoxy) is 1. The molecule has 0 aliphatic rings. The van der Waals surface area contributed by atoms with Crippen molar-refractivity contribution in [3.63, 3.8) is 0 Å². The number of nitrogens with zero attached hydrogens (tertiary/aromatic N) is 4. The first-order valence-electron chi connectivity index (χ1n) is 7.20. The van der Waals surface area contributed by atoms with E-state index in [9.17, 15) is 8.78 Å². The summed E-state index contributed by atoms with van der Waals surface area (Å²) in [7, 11) is 0. The largest absolute Gasteiger partial charge is 0.457 e. The highest BCUT2D eigenvalue weighted by atomic mass is 35.5. The van der Waals surface area contributed by atoms with Crippen LogP contribution in [0, 0.1) is 6.92 Å². The molecule has 0 bridgehead atoms. The van der Waals surface area contributed by atoms with E-state index in [0.29, 0.717) is 16.4 Å². The second kappa shape index (κ2) is 7.98. The van der Waals surface area contributed by atoms with Crippen molar-refractivity contribution in [2.45, 2.75) is 19.8 Å². The van der Waals surface area contributed by atoms with Crippen molar-refractivity contribution in [3.8, 4) is 6.01 Å². The van der Waals surface area contributed by atoms with Gasteiger partial charge in [0.25, 0.3) is 5.92 Å². The number of hydrogen-bond donors (Lipinski definition) is 1. The second-order valence-corrected chi connectivity index (χ2v) is 5.60. The van der Waals surface area contributed by atoms with Gasteiger partial charge in [0.1, 0.15) is 12.3 Å². The molecule has 1 aromatic carbocycles. The lowest BCUT2D eigenvalue weighted by atomic mass is 10.1. The van der Waals surface area contributed by atoms with Crippen LogP contribution < -0.4 is 10.6 Å². The zero-order valence-corrected chi connectivity index (χ0v) is 14.3. The van der Waals surface area contributed by atoms with Gasteiger partial charge in [-0.1, -0.05) is 23.7 Å². The third-order valence-corrected chi connectivity index (χ3v) is 3.50. The first kappa shape index (κ1) is 18.7. The van der Waals surface area contributed by atoms with E-state index in [0.717, 1.165) is 6.92 Å². The average Bonchev–Trinajstić information content (AvgIpc) is 2.57. The topological polar surface area (TPSA) is 85.8 Å². The summed E-state index contributed by atoms with van der Waals surface area (Å²) in [6, 6.07) is 5.83. The summed E-state index contributed by atoms with van der Waals surface area (Å²) < 4.78 is 32.0. The third-order valence-electron chi connectivity index (χ3n) is 3.13. The van der Waals surface area contributed by atoms with Crippen LogP contribution >= 0.6 is 11.6 Å². The van der Waals surface area contributed by atoms with Gasteiger partial charge < -0.3 is 10.6 Å². The zero-order valence-electron chi connectivity index (χ0n) is 13.6. The minimum absolute atomic E-state index is 0.0370. The lowest BCUT2D eigenvalue weighted by molar-refractivity contribution is 0.0175. The monoisotopic (exact) mass is 367 g/mol. The van der Waals surface area contributed by atoms with Gasteiger partial charge in [-0.25, -0.2) is 13.8 Å². The van der Waals surface area contributed by atoms with Crippen molar-refractivity contribution < 1.29 is 13.5 Å². The summed E-state index contributed by atoms with van der Waals surface area (Å²) in [5.41, 5.74) is 1.07. The fourth-order valence-corrected chi connectivity index (χ4v) is 1.85. The number of alkyl halides is 2. The highest BCUT2D eigenvalue weighted by molar-refractivity contribution is 6.31. The molecule has 0 fully saturated rings. The van der Waals surface area contributed by atoms with Gasteiger partial charge in [0, 0.05) is 12.5 Å². The van der Waals surface area contributed by atoms with Crippen LogP contribution in [0.1, 0.15) is 18.2 Å². The number of hydrogen-bond acceptors (Lipinski definition) is 6. The van der Waals surface area contributed by atoms with E-state index in [2.05, 4.69) is 20.1 Å². The number of hydrazone groups is 1. The summed E-state index contributed by atoms with van der Waals surface area (Å²) in [6.45, 7) is 2.50. The summed E-state index contributed by atoms with van der Waals surface area (Å²) in [6.07, 6.45) is 2.75. The van der Waals surface area contributed by atoms with Crippen LogP contribution in [0.2, 0.25) is 5.02 Å². The molecule has 9 heteroatoms. The Morgan fingerprint density at radius 3 is 2.84 bits per heavy atom. The molecule has 25 heavy (non-hydrogen) atoms. The quantitative estimate of drug-likeness (QED) is 0.479. The van der Waals surface area contributed by atoms with Crippen molar-refractivity contribution in [1.29, 1.82) is 0 Å².